The molecular weight excluding hydrogens is 261 g/mol. The molecule has 1 heterocycles. The summed E-state index contributed by atoms with van der Waals surface area (Å²) in [6.07, 6.45) is -0.586. The van der Waals surface area contributed by atoms with Gasteiger partial charge in [-0.05, 0) is 32.0 Å². The normalized spacial score (nSPS) is 12.8. The fourth-order valence-corrected chi connectivity index (χ4v) is 2.76. The summed E-state index contributed by atoms with van der Waals surface area (Å²) in [5.74, 6) is -0.400. The van der Waals surface area contributed by atoms with E-state index in [2.05, 4.69) is 4.98 Å². The monoisotopic (exact) mass is 271 g/mol. The number of aliphatic hydroxyl groups excluding tert-OH is 1. The molecule has 1 N–H and O–H groups in total. The highest BCUT2D eigenvalue weighted by atomic mass is 35.5. The Kier molecular flexibility index (Phi) is 3.47. The molecule has 0 fully saturated rings. The van der Waals surface area contributed by atoms with E-state index in [0.717, 1.165) is 10.6 Å². The summed E-state index contributed by atoms with van der Waals surface area (Å²) in [5.41, 5.74) is 1.14. The third-order valence-electron chi connectivity index (χ3n) is 2.37. The number of aryl methyl sites for hydroxylation is 1. The van der Waals surface area contributed by atoms with Crippen LogP contribution in [0.1, 0.15) is 23.6 Å². The van der Waals surface area contributed by atoms with Gasteiger partial charge in [-0.1, -0.05) is 11.6 Å². The summed E-state index contributed by atoms with van der Waals surface area (Å²) in [4.78, 5) is 5.03. The Hall–Kier alpha value is -0.970. The number of hydrogen-bond donors (Lipinski definition) is 1. The molecule has 0 aliphatic rings. The smallest absolute Gasteiger partial charge is 0.134 e. The fraction of sp³-hybridized carbons (Fsp3) is 0.250. The minimum absolute atomic E-state index is 0.357. The molecule has 0 aliphatic heterocycles. The first-order valence-electron chi connectivity index (χ1n) is 5.10. The molecule has 1 unspecified atom stereocenters. The Morgan fingerprint density at radius 3 is 2.71 bits per heavy atom. The van der Waals surface area contributed by atoms with E-state index in [0.29, 0.717) is 15.6 Å². The van der Waals surface area contributed by atoms with Crippen LogP contribution in [0.25, 0.3) is 10.6 Å². The number of aliphatic hydroxyl groups is 1. The first-order valence-corrected chi connectivity index (χ1v) is 6.29. The topological polar surface area (TPSA) is 33.1 Å². The van der Waals surface area contributed by atoms with Crippen LogP contribution in [0.5, 0.6) is 0 Å². The lowest BCUT2D eigenvalue weighted by Gasteiger charge is -2.00. The number of aromatic nitrogens is 1. The molecule has 0 amide bonds. The average molecular weight is 272 g/mol. The van der Waals surface area contributed by atoms with Gasteiger partial charge in [0.15, 0.2) is 0 Å². The van der Waals surface area contributed by atoms with Crippen molar-refractivity contribution in [2.45, 2.75) is 20.0 Å². The number of hydrogen-bond acceptors (Lipinski definition) is 3. The standard InChI is InChI=1S/C12H11ClFNOS/c1-6-11(7(2)16)17-12(15-6)9-4-3-8(13)5-10(9)14/h3-5,7,16H,1-2H3. The van der Waals surface area contributed by atoms with Crippen molar-refractivity contribution in [1.29, 1.82) is 0 Å². The van der Waals surface area contributed by atoms with Crippen LogP contribution in [0.2, 0.25) is 5.02 Å². The summed E-state index contributed by atoms with van der Waals surface area (Å²) in [6.45, 7) is 3.47. The molecule has 0 bridgehead atoms. The maximum Gasteiger partial charge on any atom is 0.134 e. The summed E-state index contributed by atoms with van der Waals surface area (Å²) < 4.78 is 13.7. The number of benzene rings is 1. The van der Waals surface area contributed by atoms with Crippen LogP contribution in [0.4, 0.5) is 4.39 Å². The second-order valence-electron chi connectivity index (χ2n) is 3.77. The molecule has 0 radical (unpaired) electrons. The van der Waals surface area contributed by atoms with Gasteiger partial charge in [-0.3, -0.25) is 0 Å². The largest absolute Gasteiger partial charge is 0.388 e. The van der Waals surface area contributed by atoms with Crippen LogP contribution in [-0.4, -0.2) is 10.1 Å². The van der Waals surface area contributed by atoms with E-state index in [1.165, 1.54) is 17.4 Å². The zero-order valence-corrected chi connectivity index (χ0v) is 10.9. The summed E-state index contributed by atoms with van der Waals surface area (Å²) in [7, 11) is 0. The molecule has 0 saturated carbocycles. The van der Waals surface area contributed by atoms with Crippen LogP contribution < -0.4 is 0 Å². The van der Waals surface area contributed by atoms with Crippen LogP contribution in [0, 0.1) is 12.7 Å². The molecule has 17 heavy (non-hydrogen) atoms. The number of nitrogens with zero attached hydrogens (tertiary/aromatic N) is 1. The van der Waals surface area contributed by atoms with Gasteiger partial charge < -0.3 is 5.11 Å². The first-order chi connectivity index (χ1) is 7.99. The van der Waals surface area contributed by atoms with Gasteiger partial charge in [0.05, 0.1) is 16.7 Å². The molecule has 0 aliphatic carbocycles. The second-order valence-corrected chi connectivity index (χ2v) is 5.24. The van der Waals surface area contributed by atoms with Crippen LogP contribution >= 0.6 is 22.9 Å². The van der Waals surface area contributed by atoms with Crippen LogP contribution in [0.15, 0.2) is 18.2 Å². The lowest BCUT2D eigenvalue weighted by atomic mass is 10.2. The van der Waals surface area contributed by atoms with Gasteiger partial charge in [0.2, 0.25) is 0 Å². The Balaban J connectivity index is 2.50. The van der Waals surface area contributed by atoms with E-state index < -0.39 is 11.9 Å². The molecule has 2 nitrogen and oxygen atoms in total. The summed E-state index contributed by atoms with van der Waals surface area (Å²) >= 11 is 6.99. The Bertz CT molecular complexity index is 553. The highest BCUT2D eigenvalue weighted by Gasteiger charge is 2.15. The van der Waals surface area contributed by atoms with Crippen LogP contribution in [-0.2, 0) is 0 Å². The van der Waals surface area contributed by atoms with Crippen molar-refractivity contribution < 1.29 is 9.50 Å². The molecule has 5 heteroatoms. The number of rotatable bonds is 2. The third-order valence-corrected chi connectivity index (χ3v) is 3.97. The second kappa shape index (κ2) is 4.72. The van der Waals surface area contributed by atoms with Gasteiger partial charge in [-0.15, -0.1) is 11.3 Å². The van der Waals surface area contributed by atoms with Crippen molar-refractivity contribution >= 4 is 22.9 Å². The predicted molar refractivity (Wildman–Crippen MR) is 67.9 cm³/mol. The zero-order valence-electron chi connectivity index (χ0n) is 9.37. The van der Waals surface area contributed by atoms with Crippen molar-refractivity contribution in [2.24, 2.45) is 0 Å². The molecule has 0 spiro atoms. The third kappa shape index (κ3) is 2.49. The van der Waals surface area contributed by atoms with Gasteiger partial charge in [0.25, 0.3) is 0 Å². The summed E-state index contributed by atoms with van der Waals surface area (Å²) in [5, 5.41) is 10.5. The lowest BCUT2D eigenvalue weighted by Crippen LogP contribution is -1.88. The Labute approximate surface area is 108 Å². The van der Waals surface area contributed by atoms with E-state index >= 15 is 0 Å². The Morgan fingerprint density at radius 1 is 1.47 bits per heavy atom. The number of thiazole rings is 1. The van der Waals surface area contributed by atoms with Gasteiger partial charge in [-0.2, -0.15) is 0 Å². The zero-order chi connectivity index (χ0) is 12.6. The maximum atomic E-state index is 13.7. The molecule has 2 rings (SSSR count). The van der Waals surface area contributed by atoms with Crippen LogP contribution in [0.3, 0.4) is 0 Å². The van der Waals surface area contributed by atoms with Crippen molar-refractivity contribution in [3.05, 3.63) is 39.6 Å². The first kappa shape index (κ1) is 12.5. The molecule has 1 aromatic carbocycles. The van der Waals surface area contributed by atoms with Gasteiger partial charge >= 0.3 is 0 Å². The van der Waals surface area contributed by atoms with Crippen molar-refractivity contribution in [3.63, 3.8) is 0 Å². The van der Waals surface area contributed by atoms with Crippen molar-refractivity contribution in [1.82, 2.24) is 4.98 Å². The van der Waals surface area contributed by atoms with E-state index in [1.54, 1.807) is 26.0 Å². The van der Waals surface area contributed by atoms with Gasteiger partial charge in [0, 0.05) is 10.6 Å². The molecule has 1 aromatic heterocycles. The minimum atomic E-state index is -0.586. The highest BCUT2D eigenvalue weighted by molar-refractivity contribution is 7.15. The average Bonchev–Trinajstić information content (AvgIpc) is 2.60. The van der Waals surface area contributed by atoms with E-state index in [4.69, 9.17) is 11.6 Å². The molecular formula is C12H11ClFNOS. The SMILES string of the molecule is Cc1nc(-c2ccc(Cl)cc2F)sc1C(C)O. The highest BCUT2D eigenvalue weighted by Crippen LogP contribution is 2.33. The van der Waals surface area contributed by atoms with Crippen molar-refractivity contribution in [2.75, 3.05) is 0 Å². The van der Waals surface area contributed by atoms with Gasteiger partial charge in [0.1, 0.15) is 10.8 Å². The number of halogens is 2. The van der Waals surface area contributed by atoms with Gasteiger partial charge in [-0.25, -0.2) is 9.37 Å². The Morgan fingerprint density at radius 2 is 2.18 bits per heavy atom. The van der Waals surface area contributed by atoms with Crippen molar-refractivity contribution in [3.8, 4) is 10.6 Å². The van der Waals surface area contributed by atoms with E-state index in [-0.39, 0.29) is 0 Å². The van der Waals surface area contributed by atoms with E-state index in [1.807, 2.05) is 0 Å². The van der Waals surface area contributed by atoms with E-state index in [9.17, 15) is 9.50 Å². The molecule has 2 aromatic rings. The maximum absolute atomic E-state index is 13.7. The summed E-state index contributed by atoms with van der Waals surface area (Å²) in [6, 6.07) is 4.48. The fourth-order valence-electron chi connectivity index (χ4n) is 1.57. The quantitative estimate of drug-likeness (QED) is 0.897. The molecule has 1 atom stereocenters. The molecule has 90 valence electrons. The molecule has 0 saturated heterocycles. The lowest BCUT2D eigenvalue weighted by molar-refractivity contribution is 0.202. The minimum Gasteiger partial charge on any atom is -0.388 e. The predicted octanol–water partition coefficient (Wildman–Crippen LogP) is 3.96.